The molecule has 3 unspecified atom stereocenters. The van der Waals surface area contributed by atoms with Crippen LogP contribution in [-0.2, 0) is 0 Å². The minimum absolute atomic E-state index is 0.475. The summed E-state index contributed by atoms with van der Waals surface area (Å²) in [5.74, 6) is 1.43. The Morgan fingerprint density at radius 1 is 1.10 bits per heavy atom. The molecule has 1 saturated carbocycles. The van der Waals surface area contributed by atoms with Crippen molar-refractivity contribution in [1.82, 2.24) is 5.32 Å². The van der Waals surface area contributed by atoms with E-state index in [1.54, 1.807) is 0 Å². The van der Waals surface area contributed by atoms with Crippen molar-refractivity contribution in [3.63, 3.8) is 0 Å². The molecule has 21 heavy (non-hydrogen) atoms. The van der Waals surface area contributed by atoms with Crippen molar-refractivity contribution in [3.05, 3.63) is 70.2 Å². The predicted molar refractivity (Wildman–Crippen MR) is 92.5 cm³/mol. The molecular formula is C19H22BrN. The molecule has 1 N–H and O–H groups in total. The predicted octanol–water partition coefficient (Wildman–Crippen LogP) is 5.29. The molecule has 1 nitrogen and oxygen atoms in total. The number of nitrogens with one attached hydrogen (secondary N) is 1. The number of benzene rings is 2. The van der Waals surface area contributed by atoms with Crippen LogP contribution in [0.1, 0.15) is 42.9 Å². The second kappa shape index (κ2) is 6.76. The summed E-state index contributed by atoms with van der Waals surface area (Å²) in [6.07, 6.45) is 2.47. The third-order valence-electron chi connectivity index (χ3n) is 4.34. The molecule has 2 heteroatoms. The van der Waals surface area contributed by atoms with Gasteiger partial charge in [0, 0.05) is 10.5 Å². The summed E-state index contributed by atoms with van der Waals surface area (Å²) in [6.45, 7) is 3.31. The number of halogens is 1. The SMILES string of the molecule is CCCNC(c1ccc(Br)cc1)C1CC1c1ccccc1. The van der Waals surface area contributed by atoms with Crippen LogP contribution in [0.2, 0.25) is 0 Å². The van der Waals surface area contributed by atoms with Gasteiger partial charge < -0.3 is 5.32 Å². The first-order valence-corrected chi connectivity index (χ1v) is 8.62. The first-order chi connectivity index (χ1) is 10.3. The van der Waals surface area contributed by atoms with Crippen LogP contribution in [-0.4, -0.2) is 6.54 Å². The average molecular weight is 344 g/mol. The summed E-state index contributed by atoms with van der Waals surface area (Å²) in [4.78, 5) is 0. The third-order valence-corrected chi connectivity index (χ3v) is 4.87. The Bertz CT molecular complexity index is 564. The van der Waals surface area contributed by atoms with Crippen molar-refractivity contribution in [2.45, 2.75) is 31.7 Å². The summed E-state index contributed by atoms with van der Waals surface area (Å²) >= 11 is 3.53. The van der Waals surface area contributed by atoms with Gasteiger partial charge in [0.25, 0.3) is 0 Å². The van der Waals surface area contributed by atoms with Crippen LogP contribution >= 0.6 is 15.9 Å². The van der Waals surface area contributed by atoms with Crippen molar-refractivity contribution >= 4 is 15.9 Å². The zero-order valence-corrected chi connectivity index (χ0v) is 14.0. The molecule has 0 aromatic heterocycles. The van der Waals surface area contributed by atoms with Crippen LogP contribution < -0.4 is 5.32 Å². The molecule has 0 heterocycles. The zero-order chi connectivity index (χ0) is 14.7. The monoisotopic (exact) mass is 343 g/mol. The average Bonchev–Trinajstić information content (AvgIpc) is 3.31. The Labute approximate surface area is 135 Å². The highest BCUT2D eigenvalue weighted by Gasteiger charge is 2.43. The fraction of sp³-hybridized carbons (Fsp3) is 0.368. The summed E-state index contributed by atoms with van der Waals surface area (Å²) in [7, 11) is 0. The minimum atomic E-state index is 0.475. The molecule has 3 rings (SSSR count). The molecule has 1 aliphatic carbocycles. The van der Waals surface area contributed by atoms with Crippen LogP contribution in [0.25, 0.3) is 0 Å². The lowest BCUT2D eigenvalue weighted by Crippen LogP contribution is -2.24. The van der Waals surface area contributed by atoms with Gasteiger partial charge in [0.1, 0.15) is 0 Å². The van der Waals surface area contributed by atoms with E-state index in [0.29, 0.717) is 12.0 Å². The first kappa shape index (κ1) is 14.8. The number of hydrogen-bond acceptors (Lipinski definition) is 1. The quantitative estimate of drug-likeness (QED) is 0.750. The van der Waals surface area contributed by atoms with Gasteiger partial charge in [-0.3, -0.25) is 0 Å². The van der Waals surface area contributed by atoms with Crippen molar-refractivity contribution in [1.29, 1.82) is 0 Å². The van der Waals surface area contributed by atoms with E-state index in [-0.39, 0.29) is 0 Å². The molecule has 1 fully saturated rings. The lowest BCUT2D eigenvalue weighted by atomic mass is 9.98. The van der Waals surface area contributed by atoms with Gasteiger partial charge in [0.2, 0.25) is 0 Å². The van der Waals surface area contributed by atoms with Gasteiger partial charge in [-0.1, -0.05) is 65.3 Å². The molecular weight excluding hydrogens is 322 g/mol. The van der Waals surface area contributed by atoms with Gasteiger partial charge in [-0.15, -0.1) is 0 Å². The maximum atomic E-state index is 3.75. The van der Waals surface area contributed by atoms with Crippen molar-refractivity contribution in [2.24, 2.45) is 5.92 Å². The Morgan fingerprint density at radius 3 is 2.48 bits per heavy atom. The van der Waals surface area contributed by atoms with E-state index in [4.69, 9.17) is 0 Å². The van der Waals surface area contributed by atoms with Crippen LogP contribution in [0, 0.1) is 5.92 Å². The van der Waals surface area contributed by atoms with E-state index in [1.807, 2.05) is 0 Å². The Balaban J connectivity index is 1.76. The minimum Gasteiger partial charge on any atom is -0.310 e. The van der Waals surface area contributed by atoms with E-state index in [0.717, 1.165) is 16.9 Å². The highest BCUT2D eigenvalue weighted by atomic mass is 79.9. The third kappa shape index (κ3) is 3.56. The van der Waals surface area contributed by atoms with Gasteiger partial charge in [-0.05, 0) is 54.5 Å². The molecule has 2 aromatic carbocycles. The largest absolute Gasteiger partial charge is 0.310 e. The van der Waals surface area contributed by atoms with Crippen molar-refractivity contribution in [3.8, 4) is 0 Å². The molecule has 0 spiro atoms. The smallest absolute Gasteiger partial charge is 0.0354 e. The fourth-order valence-electron chi connectivity index (χ4n) is 3.15. The van der Waals surface area contributed by atoms with Gasteiger partial charge >= 0.3 is 0 Å². The normalized spacial score (nSPS) is 22.0. The molecule has 110 valence electrons. The Morgan fingerprint density at radius 2 is 1.81 bits per heavy atom. The van der Waals surface area contributed by atoms with Crippen LogP contribution in [0.3, 0.4) is 0 Å². The van der Waals surface area contributed by atoms with E-state index in [2.05, 4.69) is 82.8 Å². The second-order valence-corrected chi connectivity index (χ2v) is 6.82. The lowest BCUT2D eigenvalue weighted by Gasteiger charge is -2.19. The maximum absolute atomic E-state index is 3.75. The standard InChI is InChI=1S/C19H22BrN/c1-2-12-21-19(15-8-10-16(20)11-9-15)18-13-17(18)14-6-4-3-5-7-14/h3-11,17-19,21H,2,12-13H2,1H3. The summed E-state index contributed by atoms with van der Waals surface area (Å²) in [6, 6.07) is 20.2. The summed E-state index contributed by atoms with van der Waals surface area (Å²) in [5.41, 5.74) is 2.90. The number of rotatable bonds is 6. The highest BCUT2D eigenvalue weighted by molar-refractivity contribution is 9.10. The van der Waals surface area contributed by atoms with Crippen LogP contribution in [0.5, 0.6) is 0 Å². The lowest BCUT2D eigenvalue weighted by molar-refractivity contribution is 0.473. The molecule has 1 aliphatic rings. The topological polar surface area (TPSA) is 12.0 Å². The van der Waals surface area contributed by atoms with Gasteiger partial charge in [0.15, 0.2) is 0 Å². The zero-order valence-electron chi connectivity index (χ0n) is 12.4. The van der Waals surface area contributed by atoms with Crippen LogP contribution in [0.4, 0.5) is 0 Å². The van der Waals surface area contributed by atoms with E-state index in [1.165, 1.54) is 24.0 Å². The molecule has 0 saturated heterocycles. The molecule has 0 aliphatic heterocycles. The van der Waals surface area contributed by atoms with Gasteiger partial charge in [-0.25, -0.2) is 0 Å². The molecule has 2 aromatic rings. The highest BCUT2D eigenvalue weighted by Crippen LogP contribution is 2.54. The Hall–Kier alpha value is -1.12. The first-order valence-electron chi connectivity index (χ1n) is 7.83. The molecule has 0 radical (unpaired) electrons. The van der Waals surface area contributed by atoms with Crippen molar-refractivity contribution < 1.29 is 0 Å². The second-order valence-electron chi connectivity index (χ2n) is 5.90. The molecule has 0 amide bonds. The molecule has 0 bridgehead atoms. The summed E-state index contributed by atoms with van der Waals surface area (Å²) < 4.78 is 1.15. The van der Waals surface area contributed by atoms with Crippen LogP contribution in [0.15, 0.2) is 59.1 Å². The van der Waals surface area contributed by atoms with Gasteiger partial charge in [-0.2, -0.15) is 0 Å². The van der Waals surface area contributed by atoms with E-state index >= 15 is 0 Å². The summed E-state index contributed by atoms with van der Waals surface area (Å²) in [5, 5.41) is 3.75. The van der Waals surface area contributed by atoms with E-state index in [9.17, 15) is 0 Å². The van der Waals surface area contributed by atoms with Gasteiger partial charge in [0.05, 0.1) is 0 Å². The van der Waals surface area contributed by atoms with E-state index < -0.39 is 0 Å². The molecule has 3 atom stereocenters. The Kier molecular flexibility index (Phi) is 4.77. The fourth-order valence-corrected chi connectivity index (χ4v) is 3.42. The number of hydrogen-bond donors (Lipinski definition) is 1. The van der Waals surface area contributed by atoms with Crippen molar-refractivity contribution in [2.75, 3.05) is 6.54 Å². The maximum Gasteiger partial charge on any atom is 0.0354 e.